The van der Waals surface area contributed by atoms with Crippen LogP contribution in [0.2, 0.25) is 0 Å². The Morgan fingerprint density at radius 1 is 1.75 bits per heavy atom. The normalized spacial score (nSPS) is 8.12. The first kappa shape index (κ1) is 7.84. The van der Waals surface area contributed by atoms with Crippen molar-refractivity contribution in [2.24, 2.45) is 0 Å². The molecule has 0 aliphatic heterocycles. The molecule has 0 aliphatic carbocycles. The quantitative estimate of drug-likeness (QED) is 0.469. The molecule has 5 heteroatoms. The van der Waals surface area contributed by atoms with Gasteiger partial charge in [0, 0.05) is 10.8 Å². The number of carbonyl (C=O) groups is 2. The topological polar surface area (TPSA) is 46.2 Å². The average Bonchev–Trinajstić information content (AvgIpc) is 1.68. The van der Waals surface area contributed by atoms with E-state index in [0.717, 1.165) is 10.8 Å². The van der Waals surface area contributed by atoms with Crippen molar-refractivity contribution in [3.63, 3.8) is 0 Å². The van der Waals surface area contributed by atoms with Crippen molar-refractivity contribution in [3.05, 3.63) is 0 Å². The lowest BCUT2D eigenvalue weighted by Crippen LogP contribution is -2.14. The lowest BCUT2D eigenvalue weighted by Gasteiger charge is -1.88. The summed E-state index contributed by atoms with van der Waals surface area (Å²) in [6.07, 6.45) is 2.13. The van der Waals surface area contributed by atoms with Crippen LogP contribution in [0.4, 0.5) is 4.79 Å². The van der Waals surface area contributed by atoms with E-state index in [9.17, 15) is 9.59 Å². The van der Waals surface area contributed by atoms with Crippen LogP contribution in [-0.2, 0) is 4.79 Å². The van der Waals surface area contributed by atoms with E-state index in [1.807, 2.05) is 5.32 Å². The number of hydrogen-bond donors (Lipinski definition) is 1. The number of rotatable bonds is 2. The number of amides is 2. The number of imide groups is 1. The largest absolute Gasteiger partial charge is 0.296 e. The molecule has 3 nitrogen and oxygen atoms in total. The minimum Gasteiger partial charge on any atom is -0.289 e. The van der Waals surface area contributed by atoms with Gasteiger partial charge in [0.05, 0.1) is 0 Å². The third-order valence-corrected chi connectivity index (χ3v) is 1.73. The summed E-state index contributed by atoms with van der Waals surface area (Å²) in [6, 6.07) is 0. The van der Waals surface area contributed by atoms with Gasteiger partial charge in [-0.05, 0) is 6.26 Å². The molecule has 0 atom stereocenters. The minimum atomic E-state index is -0.326. The van der Waals surface area contributed by atoms with E-state index in [-0.39, 0.29) is 5.24 Å². The highest BCUT2D eigenvalue weighted by Gasteiger charge is 1.95. The first-order valence-electron chi connectivity index (χ1n) is 1.76. The molecule has 0 aromatic rings. The van der Waals surface area contributed by atoms with E-state index in [2.05, 4.69) is 0 Å². The molecule has 0 fully saturated rings. The van der Waals surface area contributed by atoms with Crippen LogP contribution >= 0.6 is 21.6 Å². The predicted octanol–water partition coefficient (Wildman–Crippen LogP) is 0.864. The van der Waals surface area contributed by atoms with Crippen LogP contribution < -0.4 is 5.32 Å². The van der Waals surface area contributed by atoms with E-state index in [1.54, 1.807) is 6.26 Å². The average molecular weight is 151 g/mol. The van der Waals surface area contributed by atoms with Gasteiger partial charge in [-0.1, -0.05) is 10.8 Å². The monoisotopic (exact) mass is 151 g/mol. The van der Waals surface area contributed by atoms with E-state index in [0.29, 0.717) is 6.41 Å². The van der Waals surface area contributed by atoms with Crippen molar-refractivity contribution >= 4 is 33.2 Å². The summed E-state index contributed by atoms with van der Waals surface area (Å²) >= 11 is 0. The van der Waals surface area contributed by atoms with Gasteiger partial charge >= 0.3 is 0 Å². The summed E-state index contributed by atoms with van der Waals surface area (Å²) < 4.78 is 0. The van der Waals surface area contributed by atoms with Crippen LogP contribution in [0.15, 0.2) is 0 Å². The third-order valence-electron chi connectivity index (χ3n) is 0.336. The molecule has 0 saturated heterocycles. The van der Waals surface area contributed by atoms with Crippen LogP contribution in [0.5, 0.6) is 0 Å². The second-order valence-corrected chi connectivity index (χ2v) is 3.17. The Balaban J connectivity index is 3.18. The van der Waals surface area contributed by atoms with Gasteiger partial charge in [0.25, 0.3) is 5.24 Å². The molecule has 0 spiro atoms. The van der Waals surface area contributed by atoms with Gasteiger partial charge in [-0.3, -0.25) is 14.9 Å². The zero-order chi connectivity index (χ0) is 6.41. The van der Waals surface area contributed by atoms with Crippen LogP contribution in [0.25, 0.3) is 0 Å². The predicted molar refractivity (Wildman–Crippen MR) is 35.7 cm³/mol. The summed E-state index contributed by atoms with van der Waals surface area (Å²) in [6.45, 7) is 0. The lowest BCUT2D eigenvalue weighted by molar-refractivity contribution is -0.108. The van der Waals surface area contributed by atoms with Gasteiger partial charge in [-0.15, -0.1) is 0 Å². The Bertz CT molecular complexity index is 95.3. The second-order valence-electron chi connectivity index (χ2n) is 0.800. The standard InChI is InChI=1S/C3H5NO2S2/c1-7-8-3(6)4-2-5/h2H,1H3,(H,4,5,6). The molecule has 8 heavy (non-hydrogen) atoms. The smallest absolute Gasteiger partial charge is 0.289 e. The summed E-state index contributed by atoms with van der Waals surface area (Å²) in [5, 5.41) is 1.64. The Morgan fingerprint density at radius 2 is 2.38 bits per heavy atom. The van der Waals surface area contributed by atoms with Crippen molar-refractivity contribution in [1.29, 1.82) is 0 Å². The second kappa shape index (κ2) is 4.99. The van der Waals surface area contributed by atoms with E-state index < -0.39 is 0 Å². The van der Waals surface area contributed by atoms with Crippen molar-refractivity contribution in [2.45, 2.75) is 0 Å². The van der Waals surface area contributed by atoms with Gasteiger partial charge in [0.1, 0.15) is 0 Å². The summed E-state index contributed by atoms with van der Waals surface area (Å²) in [5.41, 5.74) is 0. The maximum absolute atomic E-state index is 10.2. The molecule has 1 N–H and O–H groups in total. The molecular weight excluding hydrogens is 146 g/mol. The third kappa shape index (κ3) is 4.01. The molecule has 46 valence electrons. The molecule has 0 aromatic heterocycles. The zero-order valence-corrected chi connectivity index (χ0v) is 5.84. The molecule has 0 saturated carbocycles. The van der Waals surface area contributed by atoms with Crippen LogP contribution in [0, 0.1) is 0 Å². The van der Waals surface area contributed by atoms with E-state index in [4.69, 9.17) is 0 Å². The van der Waals surface area contributed by atoms with Crippen molar-refractivity contribution in [2.75, 3.05) is 6.26 Å². The molecule has 2 amide bonds. The Hall–Kier alpha value is -0.160. The summed E-state index contributed by atoms with van der Waals surface area (Å²) in [4.78, 5) is 19.8. The van der Waals surface area contributed by atoms with Crippen LogP contribution in [0.1, 0.15) is 0 Å². The van der Waals surface area contributed by atoms with Crippen LogP contribution in [0.3, 0.4) is 0 Å². The van der Waals surface area contributed by atoms with Crippen LogP contribution in [-0.4, -0.2) is 17.9 Å². The maximum Gasteiger partial charge on any atom is 0.296 e. The first-order valence-corrected chi connectivity index (χ1v) is 4.32. The van der Waals surface area contributed by atoms with Gasteiger partial charge in [-0.25, -0.2) is 0 Å². The van der Waals surface area contributed by atoms with Gasteiger partial charge < -0.3 is 0 Å². The lowest BCUT2D eigenvalue weighted by atomic mass is 11.2. The Morgan fingerprint density at radius 3 is 2.75 bits per heavy atom. The number of carbonyl (C=O) groups excluding carboxylic acids is 2. The molecule has 0 aromatic carbocycles. The fraction of sp³-hybridized carbons (Fsp3) is 0.333. The molecule has 0 heterocycles. The Kier molecular flexibility index (Phi) is 4.89. The molecule has 0 aliphatic rings. The highest BCUT2D eigenvalue weighted by atomic mass is 33.1. The van der Waals surface area contributed by atoms with Crippen molar-refractivity contribution in [3.8, 4) is 0 Å². The highest BCUT2D eigenvalue weighted by molar-refractivity contribution is 8.81. The first-order chi connectivity index (χ1) is 3.81. The highest BCUT2D eigenvalue weighted by Crippen LogP contribution is 2.16. The maximum atomic E-state index is 10.2. The number of nitrogens with one attached hydrogen (secondary N) is 1. The molecule has 0 rings (SSSR count). The van der Waals surface area contributed by atoms with Gasteiger partial charge in [-0.2, -0.15) is 0 Å². The van der Waals surface area contributed by atoms with E-state index >= 15 is 0 Å². The zero-order valence-electron chi connectivity index (χ0n) is 4.21. The fourth-order valence-electron chi connectivity index (χ4n) is 0.148. The van der Waals surface area contributed by atoms with Gasteiger partial charge in [0.15, 0.2) is 0 Å². The molecule has 0 radical (unpaired) electrons. The number of hydrogen-bond acceptors (Lipinski definition) is 4. The molecular formula is C3H5NO2S2. The van der Waals surface area contributed by atoms with Crippen molar-refractivity contribution < 1.29 is 9.59 Å². The fourth-order valence-corrected chi connectivity index (χ4v) is 0.994. The van der Waals surface area contributed by atoms with E-state index in [1.165, 1.54) is 10.8 Å². The van der Waals surface area contributed by atoms with Gasteiger partial charge in [0.2, 0.25) is 6.41 Å². The Labute approximate surface area is 55.0 Å². The SMILES string of the molecule is CSSC(=O)NC=O. The summed E-state index contributed by atoms with van der Waals surface area (Å²) in [5.74, 6) is 0. The summed E-state index contributed by atoms with van der Waals surface area (Å²) in [7, 11) is 2.29. The molecule has 0 unspecified atom stereocenters. The minimum absolute atomic E-state index is 0.326. The molecule has 0 bridgehead atoms. The van der Waals surface area contributed by atoms with Crippen molar-refractivity contribution in [1.82, 2.24) is 5.32 Å².